The first kappa shape index (κ1) is 12.9. The summed E-state index contributed by atoms with van der Waals surface area (Å²) in [5, 5.41) is 3.39. The summed E-state index contributed by atoms with van der Waals surface area (Å²) in [7, 11) is 2.03. The molecule has 94 valence electrons. The van der Waals surface area contributed by atoms with Gasteiger partial charge in [0.1, 0.15) is 11.9 Å². The molecule has 17 heavy (non-hydrogen) atoms. The van der Waals surface area contributed by atoms with Crippen molar-refractivity contribution in [1.29, 1.82) is 0 Å². The van der Waals surface area contributed by atoms with Crippen LogP contribution in [0, 0.1) is 0 Å². The largest absolute Gasteiger partial charge is 0.490 e. The molecule has 0 spiro atoms. The minimum atomic E-state index is 0.356. The first-order chi connectivity index (χ1) is 8.24. The number of hydrogen-bond acceptors (Lipinski definition) is 2. The van der Waals surface area contributed by atoms with Gasteiger partial charge in [-0.25, -0.2) is 0 Å². The van der Waals surface area contributed by atoms with Crippen molar-refractivity contribution >= 4 is 15.9 Å². The zero-order valence-corrected chi connectivity index (χ0v) is 12.1. The molecule has 2 atom stereocenters. The fraction of sp³-hybridized carbons (Fsp3) is 0.571. The van der Waals surface area contributed by atoms with Gasteiger partial charge in [0, 0.05) is 22.5 Å². The van der Waals surface area contributed by atoms with Crippen LogP contribution in [0.3, 0.4) is 0 Å². The topological polar surface area (TPSA) is 21.3 Å². The second-order valence-corrected chi connectivity index (χ2v) is 5.56. The molecule has 1 aromatic rings. The molecule has 0 fully saturated rings. The zero-order chi connectivity index (χ0) is 12.3. The maximum absolute atomic E-state index is 6.08. The van der Waals surface area contributed by atoms with Crippen LogP contribution < -0.4 is 10.1 Å². The number of hydrogen-bond donors (Lipinski definition) is 1. The Bertz CT molecular complexity index is 380. The first-order valence-corrected chi connectivity index (χ1v) is 7.17. The molecule has 2 unspecified atom stereocenters. The van der Waals surface area contributed by atoms with E-state index in [-0.39, 0.29) is 0 Å². The highest BCUT2D eigenvalue weighted by Crippen LogP contribution is 2.37. The summed E-state index contributed by atoms with van der Waals surface area (Å²) in [6.07, 6.45) is 5.06. The fourth-order valence-electron chi connectivity index (χ4n) is 2.40. The summed E-state index contributed by atoms with van der Waals surface area (Å²) in [5.74, 6) is 1.03. The predicted octanol–water partition coefficient (Wildman–Crippen LogP) is 4.05. The van der Waals surface area contributed by atoms with Crippen LogP contribution in [-0.4, -0.2) is 13.2 Å². The lowest BCUT2D eigenvalue weighted by molar-refractivity contribution is 0.140. The lowest BCUT2D eigenvalue weighted by Crippen LogP contribution is -2.31. The Labute approximate surface area is 112 Å². The molecule has 3 heteroatoms. The molecule has 2 nitrogen and oxygen atoms in total. The van der Waals surface area contributed by atoms with Crippen LogP contribution in [0.25, 0.3) is 0 Å². The molecule has 0 amide bonds. The van der Waals surface area contributed by atoms with E-state index in [0.717, 1.165) is 23.1 Å². The van der Waals surface area contributed by atoms with Gasteiger partial charge in [0.2, 0.25) is 0 Å². The van der Waals surface area contributed by atoms with Crippen molar-refractivity contribution in [3.63, 3.8) is 0 Å². The Morgan fingerprint density at radius 1 is 1.47 bits per heavy atom. The summed E-state index contributed by atoms with van der Waals surface area (Å²) in [5.41, 5.74) is 1.28. The third-order valence-electron chi connectivity index (χ3n) is 3.37. The Morgan fingerprint density at radius 3 is 3.00 bits per heavy atom. The molecular weight excluding hydrogens is 278 g/mol. The SMILES string of the molecule is CCCCC1CC(NC)c2ccc(Br)cc2O1. The van der Waals surface area contributed by atoms with Crippen molar-refractivity contribution in [2.45, 2.75) is 44.8 Å². The monoisotopic (exact) mass is 297 g/mol. The van der Waals surface area contributed by atoms with Crippen LogP contribution in [0.15, 0.2) is 22.7 Å². The molecule has 0 bridgehead atoms. The van der Waals surface area contributed by atoms with Crippen molar-refractivity contribution in [2.75, 3.05) is 7.05 Å². The van der Waals surface area contributed by atoms with E-state index in [2.05, 4.69) is 46.4 Å². The van der Waals surface area contributed by atoms with Gasteiger partial charge in [-0.3, -0.25) is 0 Å². The summed E-state index contributed by atoms with van der Waals surface area (Å²) >= 11 is 3.50. The average Bonchev–Trinajstić information content (AvgIpc) is 2.34. The highest BCUT2D eigenvalue weighted by atomic mass is 79.9. The first-order valence-electron chi connectivity index (χ1n) is 6.38. The summed E-state index contributed by atoms with van der Waals surface area (Å²) in [4.78, 5) is 0. The number of unbranched alkanes of at least 4 members (excludes halogenated alkanes) is 1. The van der Waals surface area contributed by atoms with E-state index in [4.69, 9.17) is 4.74 Å². The Kier molecular flexibility index (Phi) is 4.46. The highest BCUT2D eigenvalue weighted by molar-refractivity contribution is 9.10. The Balaban J connectivity index is 2.18. The highest BCUT2D eigenvalue weighted by Gasteiger charge is 2.26. The smallest absolute Gasteiger partial charge is 0.125 e. The zero-order valence-electron chi connectivity index (χ0n) is 10.5. The van der Waals surface area contributed by atoms with Gasteiger partial charge < -0.3 is 10.1 Å². The van der Waals surface area contributed by atoms with Gasteiger partial charge >= 0.3 is 0 Å². The molecule has 0 saturated heterocycles. The van der Waals surface area contributed by atoms with Crippen LogP contribution in [0.5, 0.6) is 5.75 Å². The standard InChI is InChI=1S/C14H20BrNO/c1-3-4-5-11-9-13(16-2)12-7-6-10(15)8-14(12)17-11/h6-8,11,13,16H,3-5,9H2,1-2H3. The molecular formula is C14H20BrNO. The number of fused-ring (bicyclic) bond motifs is 1. The quantitative estimate of drug-likeness (QED) is 0.905. The molecule has 1 aromatic carbocycles. The number of rotatable bonds is 4. The minimum absolute atomic E-state index is 0.356. The van der Waals surface area contributed by atoms with Crippen molar-refractivity contribution in [3.05, 3.63) is 28.2 Å². The van der Waals surface area contributed by atoms with E-state index in [9.17, 15) is 0 Å². The van der Waals surface area contributed by atoms with Crippen LogP contribution in [-0.2, 0) is 0 Å². The van der Waals surface area contributed by atoms with Crippen LogP contribution >= 0.6 is 15.9 Å². The molecule has 1 N–H and O–H groups in total. The van der Waals surface area contributed by atoms with Crippen LogP contribution in [0.4, 0.5) is 0 Å². The minimum Gasteiger partial charge on any atom is -0.490 e. The second kappa shape index (κ2) is 5.87. The molecule has 1 aliphatic rings. The maximum atomic E-state index is 6.08. The van der Waals surface area contributed by atoms with Gasteiger partial charge in [0.05, 0.1) is 0 Å². The molecule has 2 rings (SSSR count). The molecule has 0 aliphatic carbocycles. The van der Waals surface area contributed by atoms with Crippen molar-refractivity contribution in [2.24, 2.45) is 0 Å². The molecule has 1 heterocycles. The van der Waals surface area contributed by atoms with Crippen molar-refractivity contribution in [3.8, 4) is 5.75 Å². The lowest BCUT2D eigenvalue weighted by Gasteiger charge is -2.32. The van der Waals surface area contributed by atoms with Crippen LogP contribution in [0.2, 0.25) is 0 Å². The van der Waals surface area contributed by atoms with Gasteiger partial charge in [0.25, 0.3) is 0 Å². The van der Waals surface area contributed by atoms with E-state index in [1.165, 1.54) is 18.4 Å². The summed E-state index contributed by atoms with van der Waals surface area (Å²) < 4.78 is 7.16. The fourth-order valence-corrected chi connectivity index (χ4v) is 2.74. The van der Waals surface area contributed by atoms with E-state index >= 15 is 0 Å². The van der Waals surface area contributed by atoms with Gasteiger partial charge in [-0.05, 0) is 25.6 Å². The maximum Gasteiger partial charge on any atom is 0.125 e. The third kappa shape index (κ3) is 3.02. The van der Waals surface area contributed by atoms with Crippen molar-refractivity contribution in [1.82, 2.24) is 5.32 Å². The summed E-state index contributed by atoms with van der Waals surface area (Å²) in [6.45, 7) is 2.23. The molecule has 0 radical (unpaired) electrons. The van der Waals surface area contributed by atoms with E-state index < -0.39 is 0 Å². The van der Waals surface area contributed by atoms with E-state index in [1.54, 1.807) is 0 Å². The van der Waals surface area contributed by atoms with Crippen LogP contribution in [0.1, 0.15) is 44.2 Å². The molecule has 1 aliphatic heterocycles. The molecule has 0 saturated carbocycles. The third-order valence-corrected chi connectivity index (χ3v) is 3.86. The Hall–Kier alpha value is -0.540. The molecule has 0 aromatic heterocycles. The van der Waals surface area contributed by atoms with Gasteiger partial charge in [-0.15, -0.1) is 0 Å². The van der Waals surface area contributed by atoms with E-state index in [0.29, 0.717) is 12.1 Å². The second-order valence-electron chi connectivity index (χ2n) is 4.64. The predicted molar refractivity (Wildman–Crippen MR) is 74.5 cm³/mol. The van der Waals surface area contributed by atoms with Gasteiger partial charge in [0.15, 0.2) is 0 Å². The number of ether oxygens (including phenoxy) is 1. The summed E-state index contributed by atoms with van der Waals surface area (Å²) in [6, 6.07) is 6.74. The average molecular weight is 298 g/mol. The van der Waals surface area contributed by atoms with Gasteiger partial charge in [-0.1, -0.05) is 41.8 Å². The van der Waals surface area contributed by atoms with E-state index in [1.807, 2.05) is 7.05 Å². The van der Waals surface area contributed by atoms with Gasteiger partial charge in [-0.2, -0.15) is 0 Å². The number of halogens is 1. The lowest BCUT2D eigenvalue weighted by atomic mass is 9.94. The normalized spacial score (nSPS) is 23.0. The number of nitrogens with one attached hydrogen (secondary N) is 1. The van der Waals surface area contributed by atoms with Crippen molar-refractivity contribution < 1.29 is 4.74 Å². The number of benzene rings is 1. The Morgan fingerprint density at radius 2 is 2.29 bits per heavy atom.